The summed E-state index contributed by atoms with van der Waals surface area (Å²) in [7, 11) is 0. The van der Waals surface area contributed by atoms with Crippen LogP contribution in [0.5, 0.6) is 0 Å². The number of nitrogens with zero attached hydrogens (tertiary/aromatic N) is 4. The summed E-state index contributed by atoms with van der Waals surface area (Å²) in [5.74, 6) is -0.0807. The second-order valence-electron chi connectivity index (χ2n) is 5.18. The molecule has 0 aromatic carbocycles. The van der Waals surface area contributed by atoms with Gasteiger partial charge in [0.2, 0.25) is 0 Å². The third-order valence-corrected chi connectivity index (χ3v) is 4.38. The van der Waals surface area contributed by atoms with Crippen molar-refractivity contribution in [2.45, 2.75) is 32.0 Å². The molecule has 2 aromatic rings. The van der Waals surface area contributed by atoms with E-state index in [0.717, 1.165) is 6.42 Å². The first-order valence-electron chi connectivity index (χ1n) is 6.62. The Kier molecular flexibility index (Phi) is 3.54. The molecule has 0 radical (unpaired) electrons. The van der Waals surface area contributed by atoms with Gasteiger partial charge in [0.1, 0.15) is 0 Å². The first kappa shape index (κ1) is 13.3. The molecular weight excluding hydrogens is 274 g/mol. The molecule has 3 heterocycles. The molecule has 0 aliphatic carbocycles. The Morgan fingerprint density at radius 1 is 1.60 bits per heavy atom. The minimum absolute atomic E-state index is 0.0649. The highest BCUT2D eigenvalue weighted by Gasteiger charge is 2.32. The minimum atomic E-state index is -0.0807. The van der Waals surface area contributed by atoms with E-state index in [2.05, 4.69) is 10.3 Å². The lowest BCUT2D eigenvalue weighted by atomic mass is 10.2. The van der Waals surface area contributed by atoms with Crippen molar-refractivity contribution in [1.82, 2.24) is 19.9 Å². The molecule has 2 N–H and O–H groups in total. The van der Waals surface area contributed by atoms with E-state index in [1.807, 2.05) is 24.4 Å². The average Bonchev–Trinajstić information content (AvgIpc) is 3.11. The predicted octanol–water partition coefficient (Wildman–Crippen LogP) is 0.950. The number of carbonyl (C=O) groups excluding carboxylic acids is 1. The summed E-state index contributed by atoms with van der Waals surface area (Å²) in [6.45, 7) is 3.26. The molecule has 6 nitrogen and oxygen atoms in total. The summed E-state index contributed by atoms with van der Waals surface area (Å²) in [4.78, 5) is 15.3. The van der Waals surface area contributed by atoms with Crippen LogP contribution in [0.4, 0.5) is 0 Å². The molecule has 2 unspecified atom stereocenters. The van der Waals surface area contributed by atoms with Crippen LogP contribution in [0.1, 0.15) is 28.7 Å². The van der Waals surface area contributed by atoms with Gasteiger partial charge in [-0.3, -0.25) is 4.79 Å². The van der Waals surface area contributed by atoms with Crippen LogP contribution in [-0.2, 0) is 6.54 Å². The van der Waals surface area contributed by atoms with Crippen molar-refractivity contribution in [3.63, 3.8) is 0 Å². The molecule has 2 atom stereocenters. The van der Waals surface area contributed by atoms with Gasteiger partial charge in [0.25, 0.3) is 5.91 Å². The summed E-state index contributed by atoms with van der Waals surface area (Å²) in [5.41, 5.74) is 6.28. The summed E-state index contributed by atoms with van der Waals surface area (Å²) < 4.78 is 1.69. The highest BCUT2D eigenvalue weighted by Crippen LogP contribution is 2.18. The Balaban J connectivity index is 1.71. The van der Waals surface area contributed by atoms with Gasteiger partial charge in [0, 0.05) is 23.5 Å². The van der Waals surface area contributed by atoms with Crippen molar-refractivity contribution < 1.29 is 4.79 Å². The van der Waals surface area contributed by atoms with Crippen molar-refractivity contribution in [3.8, 4) is 0 Å². The summed E-state index contributed by atoms with van der Waals surface area (Å²) in [6, 6.07) is 4.26. The third-order valence-electron chi connectivity index (χ3n) is 3.52. The average molecular weight is 291 g/mol. The third kappa shape index (κ3) is 2.59. The first-order valence-corrected chi connectivity index (χ1v) is 7.50. The molecule has 0 spiro atoms. The number of amides is 1. The molecular formula is C13H17N5OS. The largest absolute Gasteiger partial charge is 0.333 e. The lowest BCUT2D eigenvalue weighted by Crippen LogP contribution is -2.35. The predicted molar refractivity (Wildman–Crippen MR) is 76.5 cm³/mol. The minimum Gasteiger partial charge on any atom is -0.333 e. The van der Waals surface area contributed by atoms with Gasteiger partial charge >= 0.3 is 0 Å². The monoisotopic (exact) mass is 291 g/mol. The van der Waals surface area contributed by atoms with Crippen molar-refractivity contribution in [1.29, 1.82) is 0 Å². The van der Waals surface area contributed by atoms with E-state index in [0.29, 0.717) is 18.8 Å². The van der Waals surface area contributed by atoms with Gasteiger partial charge in [-0.25, -0.2) is 4.68 Å². The maximum absolute atomic E-state index is 12.4. The molecule has 1 fully saturated rings. The van der Waals surface area contributed by atoms with E-state index in [-0.39, 0.29) is 18.0 Å². The molecule has 2 aromatic heterocycles. The van der Waals surface area contributed by atoms with Crippen LogP contribution in [0.15, 0.2) is 23.7 Å². The van der Waals surface area contributed by atoms with Gasteiger partial charge in [0.05, 0.1) is 12.7 Å². The number of nitrogens with two attached hydrogens (primary N) is 1. The van der Waals surface area contributed by atoms with Crippen molar-refractivity contribution >= 4 is 17.2 Å². The fourth-order valence-corrected chi connectivity index (χ4v) is 3.23. The van der Waals surface area contributed by atoms with Gasteiger partial charge in [-0.15, -0.1) is 16.4 Å². The molecule has 1 aliphatic rings. The number of carbonyl (C=O) groups is 1. The topological polar surface area (TPSA) is 77.0 Å². The Labute approximate surface area is 121 Å². The van der Waals surface area contributed by atoms with E-state index in [9.17, 15) is 4.79 Å². The Hall–Kier alpha value is -1.73. The molecule has 1 saturated heterocycles. The number of hydrogen-bond acceptors (Lipinski definition) is 5. The zero-order valence-corrected chi connectivity index (χ0v) is 12.1. The highest BCUT2D eigenvalue weighted by atomic mass is 32.1. The molecule has 0 bridgehead atoms. The molecule has 3 rings (SSSR count). The zero-order chi connectivity index (χ0) is 14.1. The van der Waals surface area contributed by atoms with Crippen LogP contribution in [0, 0.1) is 0 Å². The first-order chi connectivity index (χ1) is 9.63. The SMILES string of the molecule is CC1CC(N)CN1C(=O)c1cn(Cc2cccs2)nn1. The normalized spacial score (nSPS) is 22.4. The molecule has 1 aliphatic heterocycles. The number of aromatic nitrogens is 3. The molecule has 0 saturated carbocycles. The maximum atomic E-state index is 12.4. The summed E-state index contributed by atoms with van der Waals surface area (Å²) in [5, 5.41) is 10.0. The van der Waals surface area contributed by atoms with Crippen LogP contribution in [0.2, 0.25) is 0 Å². The van der Waals surface area contributed by atoms with Gasteiger partial charge in [0.15, 0.2) is 5.69 Å². The van der Waals surface area contributed by atoms with Crippen LogP contribution >= 0.6 is 11.3 Å². The Morgan fingerprint density at radius 2 is 2.45 bits per heavy atom. The summed E-state index contributed by atoms with van der Waals surface area (Å²) >= 11 is 1.66. The van der Waals surface area contributed by atoms with Crippen molar-refractivity contribution in [2.75, 3.05) is 6.54 Å². The van der Waals surface area contributed by atoms with Gasteiger partial charge < -0.3 is 10.6 Å². The van der Waals surface area contributed by atoms with Crippen LogP contribution in [0.3, 0.4) is 0 Å². The van der Waals surface area contributed by atoms with Gasteiger partial charge in [-0.2, -0.15) is 0 Å². The van der Waals surface area contributed by atoms with Crippen molar-refractivity contribution in [2.24, 2.45) is 5.73 Å². The number of hydrogen-bond donors (Lipinski definition) is 1. The molecule has 20 heavy (non-hydrogen) atoms. The van der Waals surface area contributed by atoms with E-state index in [4.69, 9.17) is 5.73 Å². The van der Waals surface area contributed by atoms with E-state index in [1.165, 1.54) is 4.88 Å². The fraction of sp³-hybridized carbons (Fsp3) is 0.462. The maximum Gasteiger partial charge on any atom is 0.276 e. The quantitative estimate of drug-likeness (QED) is 0.913. The fourth-order valence-electron chi connectivity index (χ4n) is 2.54. The number of thiophene rings is 1. The van der Waals surface area contributed by atoms with Crippen LogP contribution < -0.4 is 5.73 Å². The molecule has 106 valence electrons. The van der Waals surface area contributed by atoms with Crippen LogP contribution in [-0.4, -0.2) is 44.4 Å². The second-order valence-corrected chi connectivity index (χ2v) is 6.22. The summed E-state index contributed by atoms with van der Waals surface area (Å²) in [6.07, 6.45) is 2.55. The number of likely N-dealkylation sites (tertiary alicyclic amines) is 1. The lowest BCUT2D eigenvalue weighted by Gasteiger charge is -2.19. The van der Waals surface area contributed by atoms with E-state index < -0.39 is 0 Å². The van der Waals surface area contributed by atoms with E-state index in [1.54, 1.807) is 27.1 Å². The Bertz CT molecular complexity index is 594. The Morgan fingerprint density at radius 3 is 3.10 bits per heavy atom. The standard InChI is InChI=1S/C13H17N5OS/c1-9-5-10(14)6-18(9)13(19)12-8-17(16-15-12)7-11-3-2-4-20-11/h2-4,8-10H,5-7,14H2,1H3. The van der Waals surface area contributed by atoms with Crippen molar-refractivity contribution in [3.05, 3.63) is 34.3 Å². The van der Waals surface area contributed by atoms with E-state index >= 15 is 0 Å². The highest BCUT2D eigenvalue weighted by molar-refractivity contribution is 7.09. The lowest BCUT2D eigenvalue weighted by molar-refractivity contribution is 0.0740. The van der Waals surface area contributed by atoms with Crippen LogP contribution in [0.25, 0.3) is 0 Å². The smallest absolute Gasteiger partial charge is 0.276 e. The zero-order valence-electron chi connectivity index (χ0n) is 11.3. The second kappa shape index (κ2) is 5.34. The van der Waals surface area contributed by atoms with Gasteiger partial charge in [-0.05, 0) is 24.8 Å². The number of rotatable bonds is 3. The molecule has 7 heteroatoms. The van der Waals surface area contributed by atoms with Gasteiger partial charge in [-0.1, -0.05) is 11.3 Å². The molecule has 1 amide bonds.